The van der Waals surface area contributed by atoms with Crippen molar-refractivity contribution < 1.29 is 9.84 Å². The predicted octanol–water partition coefficient (Wildman–Crippen LogP) is 3.13. The number of likely N-dealkylation sites (tertiary alicyclic amines) is 1. The Hall–Kier alpha value is -2.04. The van der Waals surface area contributed by atoms with Crippen LogP contribution in [0.4, 0.5) is 5.69 Å². The zero-order valence-corrected chi connectivity index (χ0v) is 14.0. The van der Waals surface area contributed by atoms with E-state index < -0.39 is 0 Å². The fourth-order valence-corrected chi connectivity index (χ4v) is 3.20. The Morgan fingerprint density at radius 2 is 1.88 bits per heavy atom. The van der Waals surface area contributed by atoms with Gasteiger partial charge in [0.1, 0.15) is 12.4 Å². The van der Waals surface area contributed by atoms with Gasteiger partial charge in [-0.25, -0.2) is 0 Å². The Morgan fingerprint density at radius 1 is 1.08 bits per heavy atom. The molecule has 128 valence electrons. The van der Waals surface area contributed by atoms with E-state index >= 15 is 0 Å². The molecule has 0 bridgehead atoms. The summed E-state index contributed by atoms with van der Waals surface area (Å²) < 4.78 is 5.41. The predicted molar refractivity (Wildman–Crippen MR) is 97.4 cm³/mol. The van der Waals surface area contributed by atoms with E-state index in [1.807, 2.05) is 18.2 Å². The van der Waals surface area contributed by atoms with Crippen molar-refractivity contribution in [2.45, 2.75) is 25.4 Å². The van der Waals surface area contributed by atoms with Crippen LogP contribution in [0, 0.1) is 0 Å². The van der Waals surface area contributed by atoms with E-state index in [9.17, 15) is 0 Å². The zero-order valence-electron chi connectivity index (χ0n) is 14.0. The fraction of sp³-hybridized carbons (Fsp3) is 0.400. The van der Waals surface area contributed by atoms with Crippen molar-refractivity contribution in [1.29, 1.82) is 0 Å². The molecule has 1 aliphatic rings. The lowest BCUT2D eigenvalue weighted by molar-refractivity contribution is 0.200. The van der Waals surface area contributed by atoms with Crippen molar-refractivity contribution >= 4 is 5.69 Å². The number of nitrogens with zero attached hydrogens (tertiary/aromatic N) is 1. The molecule has 4 heteroatoms. The summed E-state index contributed by atoms with van der Waals surface area (Å²) >= 11 is 0. The van der Waals surface area contributed by atoms with Crippen LogP contribution < -0.4 is 10.1 Å². The second-order valence-corrected chi connectivity index (χ2v) is 6.30. The standard InChI is InChI=1S/C20H26N2O2/c23-13-14-24-20-10-8-17(9-11-20)15-22-12-4-7-19(16-22)21-18-5-2-1-3-6-18/h1-3,5-6,8-11,19,21,23H,4,7,12-16H2. The molecule has 1 heterocycles. The average molecular weight is 326 g/mol. The molecule has 2 aromatic carbocycles. The average Bonchev–Trinajstić information content (AvgIpc) is 2.62. The van der Waals surface area contributed by atoms with Gasteiger partial charge in [-0.3, -0.25) is 4.90 Å². The molecule has 4 nitrogen and oxygen atoms in total. The van der Waals surface area contributed by atoms with Gasteiger partial charge in [0.15, 0.2) is 0 Å². The third-order valence-corrected chi connectivity index (χ3v) is 4.34. The largest absolute Gasteiger partial charge is 0.491 e. The number of ether oxygens (including phenoxy) is 1. The molecule has 24 heavy (non-hydrogen) atoms. The molecule has 1 unspecified atom stereocenters. The van der Waals surface area contributed by atoms with Crippen molar-refractivity contribution in [2.24, 2.45) is 0 Å². The van der Waals surface area contributed by atoms with Crippen LogP contribution in [0.3, 0.4) is 0 Å². The molecule has 1 saturated heterocycles. The normalized spacial score (nSPS) is 18.3. The summed E-state index contributed by atoms with van der Waals surface area (Å²) in [6.45, 7) is 3.57. The molecular weight excluding hydrogens is 300 g/mol. The third kappa shape index (κ3) is 4.98. The van der Waals surface area contributed by atoms with E-state index in [-0.39, 0.29) is 6.61 Å². The van der Waals surface area contributed by atoms with Crippen LogP contribution >= 0.6 is 0 Å². The quantitative estimate of drug-likeness (QED) is 0.820. The molecule has 0 aromatic heterocycles. The maximum atomic E-state index is 8.79. The lowest BCUT2D eigenvalue weighted by Crippen LogP contribution is -2.41. The summed E-state index contributed by atoms with van der Waals surface area (Å²) in [6.07, 6.45) is 2.45. The van der Waals surface area contributed by atoms with Gasteiger partial charge in [0.2, 0.25) is 0 Å². The highest BCUT2D eigenvalue weighted by Crippen LogP contribution is 2.19. The molecule has 2 N–H and O–H groups in total. The minimum Gasteiger partial charge on any atom is -0.491 e. The molecule has 0 radical (unpaired) electrons. The number of aliphatic hydroxyl groups is 1. The second kappa shape index (κ2) is 8.71. The number of para-hydroxylation sites is 1. The Labute approximate surface area is 144 Å². The van der Waals surface area contributed by atoms with Crippen LogP contribution in [0.2, 0.25) is 0 Å². The molecule has 0 saturated carbocycles. The lowest BCUT2D eigenvalue weighted by atomic mass is 10.0. The first-order valence-electron chi connectivity index (χ1n) is 8.70. The maximum absolute atomic E-state index is 8.79. The van der Waals surface area contributed by atoms with Crippen molar-refractivity contribution in [3.05, 3.63) is 60.2 Å². The smallest absolute Gasteiger partial charge is 0.119 e. The van der Waals surface area contributed by atoms with Gasteiger partial charge in [0.05, 0.1) is 6.61 Å². The summed E-state index contributed by atoms with van der Waals surface area (Å²) in [4.78, 5) is 2.51. The van der Waals surface area contributed by atoms with E-state index in [0.717, 1.165) is 25.4 Å². The number of benzene rings is 2. The number of piperidine rings is 1. The highest BCUT2D eigenvalue weighted by atomic mass is 16.5. The minimum atomic E-state index is 0.0470. The fourth-order valence-electron chi connectivity index (χ4n) is 3.20. The number of hydrogen-bond acceptors (Lipinski definition) is 4. The molecule has 3 rings (SSSR count). The summed E-state index contributed by atoms with van der Waals surface area (Å²) in [5, 5.41) is 12.4. The molecule has 0 amide bonds. The van der Waals surface area contributed by atoms with Crippen LogP contribution in [-0.4, -0.2) is 42.4 Å². The molecule has 1 aliphatic heterocycles. The Balaban J connectivity index is 1.51. The van der Waals surface area contributed by atoms with Crippen LogP contribution in [0.25, 0.3) is 0 Å². The number of aliphatic hydroxyl groups excluding tert-OH is 1. The first-order valence-corrected chi connectivity index (χ1v) is 8.70. The molecule has 1 fully saturated rings. The van der Waals surface area contributed by atoms with E-state index in [1.165, 1.54) is 24.1 Å². The summed E-state index contributed by atoms with van der Waals surface area (Å²) in [5.74, 6) is 0.815. The van der Waals surface area contributed by atoms with Crippen LogP contribution in [0.1, 0.15) is 18.4 Å². The van der Waals surface area contributed by atoms with Gasteiger partial charge in [-0.05, 0) is 49.2 Å². The maximum Gasteiger partial charge on any atom is 0.119 e. The monoisotopic (exact) mass is 326 g/mol. The first kappa shape index (κ1) is 16.8. The summed E-state index contributed by atoms with van der Waals surface area (Å²) in [5.41, 5.74) is 2.50. The van der Waals surface area contributed by atoms with Gasteiger partial charge in [-0.1, -0.05) is 30.3 Å². The highest BCUT2D eigenvalue weighted by molar-refractivity contribution is 5.43. The minimum absolute atomic E-state index is 0.0470. The summed E-state index contributed by atoms with van der Waals surface area (Å²) in [6, 6.07) is 19.1. The molecule has 0 aliphatic carbocycles. The number of nitrogens with one attached hydrogen (secondary N) is 1. The number of anilines is 1. The van der Waals surface area contributed by atoms with Crippen LogP contribution in [0.15, 0.2) is 54.6 Å². The zero-order chi connectivity index (χ0) is 16.6. The Kier molecular flexibility index (Phi) is 6.10. The Bertz CT molecular complexity index is 601. The van der Waals surface area contributed by atoms with Crippen LogP contribution in [0.5, 0.6) is 5.75 Å². The molecular formula is C20H26N2O2. The van der Waals surface area contributed by atoms with E-state index in [4.69, 9.17) is 9.84 Å². The SMILES string of the molecule is OCCOc1ccc(CN2CCCC(Nc3ccccc3)C2)cc1. The third-order valence-electron chi connectivity index (χ3n) is 4.34. The van der Waals surface area contributed by atoms with E-state index in [2.05, 4.69) is 46.6 Å². The lowest BCUT2D eigenvalue weighted by Gasteiger charge is -2.33. The van der Waals surface area contributed by atoms with Crippen molar-refractivity contribution in [3.8, 4) is 5.75 Å². The second-order valence-electron chi connectivity index (χ2n) is 6.30. The van der Waals surface area contributed by atoms with E-state index in [0.29, 0.717) is 12.6 Å². The Morgan fingerprint density at radius 3 is 2.62 bits per heavy atom. The summed E-state index contributed by atoms with van der Waals surface area (Å²) in [7, 11) is 0. The van der Waals surface area contributed by atoms with Crippen LogP contribution in [-0.2, 0) is 6.54 Å². The van der Waals surface area contributed by atoms with Gasteiger partial charge >= 0.3 is 0 Å². The number of rotatable bonds is 7. The van der Waals surface area contributed by atoms with Crippen molar-refractivity contribution in [3.63, 3.8) is 0 Å². The van der Waals surface area contributed by atoms with E-state index in [1.54, 1.807) is 0 Å². The van der Waals surface area contributed by atoms with Gasteiger partial charge in [0.25, 0.3) is 0 Å². The van der Waals surface area contributed by atoms with Gasteiger partial charge in [0, 0.05) is 24.8 Å². The topological polar surface area (TPSA) is 44.7 Å². The molecule has 0 spiro atoms. The molecule has 2 aromatic rings. The van der Waals surface area contributed by atoms with Crippen molar-refractivity contribution in [1.82, 2.24) is 4.90 Å². The molecule has 1 atom stereocenters. The van der Waals surface area contributed by atoms with Gasteiger partial charge in [-0.2, -0.15) is 0 Å². The van der Waals surface area contributed by atoms with Crippen molar-refractivity contribution in [2.75, 3.05) is 31.6 Å². The van der Waals surface area contributed by atoms with Gasteiger partial charge < -0.3 is 15.2 Å². The highest BCUT2D eigenvalue weighted by Gasteiger charge is 2.19. The van der Waals surface area contributed by atoms with Gasteiger partial charge in [-0.15, -0.1) is 0 Å². The number of hydrogen-bond donors (Lipinski definition) is 2. The first-order chi connectivity index (χ1) is 11.8.